The van der Waals surface area contributed by atoms with Crippen LogP contribution in [0.5, 0.6) is 0 Å². The molecule has 1 fully saturated rings. The highest BCUT2D eigenvalue weighted by atomic mass is 35.5. The van der Waals surface area contributed by atoms with E-state index >= 15 is 0 Å². The minimum atomic E-state index is -0.378. The van der Waals surface area contributed by atoms with Crippen molar-refractivity contribution in [2.45, 2.75) is 6.54 Å². The number of carbonyl (C=O) groups excluding carboxylic acids is 1. The Labute approximate surface area is 173 Å². The summed E-state index contributed by atoms with van der Waals surface area (Å²) in [5.41, 5.74) is 2.65. The molecule has 0 aliphatic carbocycles. The van der Waals surface area contributed by atoms with Crippen LogP contribution in [0.25, 0.3) is 10.9 Å². The Morgan fingerprint density at radius 3 is 2.71 bits per heavy atom. The van der Waals surface area contributed by atoms with Gasteiger partial charge in [0, 0.05) is 30.7 Å². The summed E-state index contributed by atoms with van der Waals surface area (Å²) in [5, 5.41) is 3.98. The molecular formula is C21H19Cl2N3O2. The second kappa shape index (κ2) is 8.45. The first kappa shape index (κ1) is 19.2. The van der Waals surface area contributed by atoms with Crippen LogP contribution < -0.4 is 5.32 Å². The van der Waals surface area contributed by atoms with Gasteiger partial charge in [0.05, 0.1) is 29.3 Å². The Kier molecular flexibility index (Phi) is 5.78. The minimum Gasteiger partial charge on any atom is -0.379 e. The van der Waals surface area contributed by atoms with E-state index in [-0.39, 0.29) is 16.6 Å². The molecule has 0 bridgehead atoms. The van der Waals surface area contributed by atoms with Gasteiger partial charge in [-0.25, -0.2) is 4.98 Å². The number of nitrogens with one attached hydrogen (secondary N) is 1. The predicted molar refractivity (Wildman–Crippen MR) is 112 cm³/mol. The number of halogens is 2. The molecule has 3 aromatic rings. The standard InChI is InChI=1S/C21H19Cl2N3O2/c22-19-16-6-1-2-7-17(16)25-20(23)18(19)21(27)24-15-5-3-4-14(12-15)13-26-8-10-28-11-9-26/h1-7,12H,8-11,13H2,(H,24,27). The van der Waals surface area contributed by atoms with Gasteiger partial charge in [0.25, 0.3) is 5.91 Å². The number of carbonyl (C=O) groups is 1. The highest BCUT2D eigenvalue weighted by Crippen LogP contribution is 2.31. The maximum absolute atomic E-state index is 12.9. The summed E-state index contributed by atoms with van der Waals surface area (Å²) < 4.78 is 5.39. The third kappa shape index (κ3) is 4.13. The van der Waals surface area contributed by atoms with E-state index in [1.807, 2.05) is 48.5 Å². The minimum absolute atomic E-state index is 0.0886. The van der Waals surface area contributed by atoms with E-state index in [9.17, 15) is 4.79 Å². The summed E-state index contributed by atoms with van der Waals surface area (Å²) in [6.45, 7) is 4.13. The van der Waals surface area contributed by atoms with E-state index in [1.165, 1.54) is 0 Å². The Hall–Kier alpha value is -2.18. The molecule has 4 rings (SSSR count). The molecule has 0 spiro atoms. The fourth-order valence-corrected chi connectivity index (χ4v) is 3.95. The van der Waals surface area contributed by atoms with Gasteiger partial charge in [-0.3, -0.25) is 9.69 Å². The number of ether oxygens (including phenoxy) is 1. The van der Waals surface area contributed by atoms with Crippen molar-refractivity contribution >= 4 is 45.7 Å². The van der Waals surface area contributed by atoms with E-state index in [0.29, 0.717) is 21.6 Å². The normalized spacial score (nSPS) is 14.9. The Morgan fingerprint density at radius 2 is 1.89 bits per heavy atom. The van der Waals surface area contributed by atoms with Crippen LogP contribution in [0.2, 0.25) is 10.2 Å². The van der Waals surface area contributed by atoms with Crippen molar-refractivity contribution in [1.29, 1.82) is 0 Å². The van der Waals surface area contributed by atoms with Crippen molar-refractivity contribution in [1.82, 2.24) is 9.88 Å². The fraction of sp³-hybridized carbons (Fsp3) is 0.238. The molecule has 0 radical (unpaired) electrons. The zero-order valence-corrected chi connectivity index (χ0v) is 16.6. The Balaban J connectivity index is 1.55. The molecule has 0 atom stereocenters. The zero-order valence-electron chi connectivity index (χ0n) is 15.1. The molecule has 0 unspecified atom stereocenters. The average molecular weight is 416 g/mol. The number of para-hydroxylation sites is 1. The number of morpholine rings is 1. The van der Waals surface area contributed by atoms with Gasteiger partial charge in [-0.15, -0.1) is 0 Å². The van der Waals surface area contributed by atoms with E-state index in [1.54, 1.807) is 0 Å². The van der Waals surface area contributed by atoms with Gasteiger partial charge in [0.15, 0.2) is 0 Å². The van der Waals surface area contributed by atoms with Crippen molar-refractivity contribution < 1.29 is 9.53 Å². The third-order valence-corrected chi connectivity index (χ3v) is 5.37. The number of rotatable bonds is 4. The summed E-state index contributed by atoms with van der Waals surface area (Å²) in [6.07, 6.45) is 0. The van der Waals surface area contributed by atoms with E-state index in [0.717, 1.165) is 38.4 Å². The quantitative estimate of drug-likeness (QED) is 0.631. The number of hydrogen-bond acceptors (Lipinski definition) is 4. The van der Waals surface area contributed by atoms with Crippen LogP contribution in [0.15, 0.2) is 48.5 Å². The van der Waals surface area contributed by atoms with Crippen LogP contribution >= 0.6 is 23.2 Å². The summed E-state index contributed by atoms with van der Waals surface area (Å²) in [7, 11) is 0. The third-order valence-electron chi connectivity index (χ3n) is 4.71. The van der Waals surface area contributed by atoms with Crippen LogP contribution in [0.3, 0.4) is 0 Å². The molecule has 1 aliphatic heterocycles. The molecule has 5 nitrogen and oxygen atoms in total. The monoisotopic (exact) mass is 415 g/mol. The van der Waals surface area contributed by atoms with Gasteiger partial charge in [-0.05, 0) is 23.8 Å². The first-order valence-electron chi connectivity index (χ1n) is 9.06. The summed E-state index contributed by atoms with van der Waals surface area (Å²) >= 11 is 12.7. The molecule has 1 N–H and O–H groups in total. The number of amides is 1. The topological polar surface area (TPSA) is 54.5 Å². The molecular weight excluding hydrogens is 397 g/mol. The van der Waals surface area contributed by atoms with Gasteiger partial charge in [0.1, 0.15) is 5.15 Å². The van der Waals surface area contributed by atoms with Crippen LogP contribution in [0.4, 0.5) is 5.69 Å². The van der Waals surface area contributed by atoms with Gasteiger partial charge < -0.3 is 10.1 Å². The number of aromatic nitrogens is 1. The van der Waals surface area contributed by atoms with Crippen LogP contribution in [-0.2, 0) is 11.3 Å². The highest BCUT2D eigenvalue weighted by molar-refractivity contribution is 6.43. The largest absolute Gasteiger partial charge is 0.379 e. The van der Waals surface area contributed by atoms with Gasteiger partial charge >= 0.3 is 0 Å². The van der Waals surface area contributed by atoms with Gasteiger partial charge in [0.2, 0.25) is 0 Å². The van der Waals surface area contributed by atoms with Crippen molar-refractivity contribution in [2.75, 3.05) is 31.6 Å². The van der Waals surface area contributed by atoms with Gasteiger partial charge in [-0.2, -0.15) is 0 Å². The van der Waals surface area contributed by atoms with Crippen molar-refractivity contribution in [3.63, 3.8) is 0 Å². The Morgan fingerprint density at radius 1 is 1.11 bits per heavy atom. The molecule has 1 saturated heterocycles. The molecule has 1 aromatic heterocycles. The lowest BCUT2D eigenvalue weighted by molar-refractivity contribution is 0.0342. The van der Waals surface area contributed by atoms with E-state index < -0.39 is 0 Å². The number of hydrogen-bond donors (Lipinski definition) is 1. The lowest BCUT2D eigenvalue weighted by Gasteiger charge is -2.26. The first-order chi connectivity index (χ1) is 13.6. The summed E-state index contributed by atoms with van der Waals surface area (Å²) in [5.74, 6) is -0.378. The van der Waals surface area contributed by atoms with E-state index in [4.69, 9.17) is 27.9 Å². The molecule has 28 heavy (non-hydrogen) atoms. The molecule has 0 saturated carbocycles. The zero-order chi connectivity index (χ0) is 19.5. The SMILES string of the molecule is O=C(Nc1cccc(CN2CCOCC2)c1)c1c(Cl)nc2ccccc2c1Cl. The molecule has 7 heteroatoms. The number of benzene rings is 2. The maximum atomic E-state index is 12.9. The molecule has 2 heterocycles. The average Bonchev–Trinajstić information content (AvgIpc) is 2.69. The molecule has 1 aliphatic rings. The molecule has 2 aromatic carbocycles. The summed E-state index contributed by atoms with van der Waals surface area (Å²) in [4.78, 5) is 19.5. The van der Waals surface area contributed by atoms with Crippen LogP contribution in [0.1, 0.15) is 15.9 Å². The summed E-state index contributed by atoms with van der Waals surface area (Å²) in [6, 6.07) is 15.1. The van der Waals surface area contributed by atoms with Crippen molar-refractivity contribution in [2.24, 2.45) is 0 Å². The lowest BCUT2D eigenvalue weighted by Crippen LogP contribution is -2.35. The molecule has 144 valence electrons. The first-order valence-corrected chi connectivity index (χ1v) is 9.81. The number of fused-ring (bicyclic) bond motifs is 1. The van der Waals surface area contributed by atoms with Crippen LogP contribution in [0, 0.1) is 0 Å². The lowest BCUT2D eigenvalue weighted by atomic mass is 10.1. The molecule has 1 amide bonds. The number of pyridine rings is 1. The highest BCUT2D eigenvalue weighted by Gasteiger charge is 2.19. The number of nitrogens with zero attached hydrogens (tertiary/aromatic N) is 2. The van der Waals surface area contributed by atoms with Crippen LogP contribution in [-0.4, -0.2) is 42.1 Å². The number of anilines is 1. The smallest absolute Gasteiger partial charge is 0.260 e. The Bertz CT molecular complexity index is 1020. The fourth-order valence-electron chi connectivity index (χ4n) is 3.30. The predicted octanol–water partition coefficient (Wildman–Crippen LogP) is 4.63. The van der Waals surface area contributed by atoms with Crippen molar-refractivity contribution in [3.8, 4) is 0 Å². The second-order valence-electron chi connectivity index (χ2n) is 6.65. The van der Waals surface area contributed by atoms with Crippen molar-refractivity contribution in [3.05, 3.63) is 69.8 Å². The second-order valence-corrected chi connectivity index (χ2v) is 7.39. The van der Waals surface area contributed by atoms with E-state index in [2.05, 4.69) is 15.2 Å². The maximum Gasteiger partial charge on any atom is 0.260 e. The van der Waals surface area contributed by atoms with Gasteiger partial charge in [-0.1, -0.05) is 53.5 Å².